The lowest BCUT2D eigenvalue weighted by molar-refractivity contribution is -0.385. The molecule has 0 aliphatic heterocycles. The van der Waals surface area contributed by atoms with Crippen molar-refractivity contribution in [3.05, 3.63) is 22.5 Å². The quantitative estimate of drug-likeness (QED) is 0.554. The van der Waals surface area contributed by atoms with Crippen LogP contribution in [0.1, 0.15) is 13.8 Å². The molecular weight excluding hydrogens is 256 g/mol. The predicted molar refractivity (Wildman–Crippen MR) is 63.3 cm³/mol. The summed E-state index contributed by atoms with van der Waals surface area (Å²) < 4.78 is 1.08. The topological polar surface area (TPSA) is 127 Å². The van der Waals surface area contributed by atoms with Gasteiger partial charge in [0.1, 0.15) is 25.0 Å². The third-order valence-electron chi connectivity index (χ3n) is 2.39. The van der Waals surface area contributed by atoms with Gasteiger partial charge in [0.15, 0.2) is 0 Å². The van der Waals surface area contributed by atoms with Gasteiger partial charge in [-0.1, -0.05) is 13.8 Å². The lowest BCUT2D eigenvalue weighted by atomic mass is 10.1. The highest BCUT2D eigenvalue weighted by atomic mass is 16.6. The smallest absolute Gasteiger partial charge is 0.326 e. The van der Waals surface area contributed by atoms with Crippen LogP contribution in [0.2, 0.25) is 0 Å². The van der Waals surface area contributed by atoms with Crippen LogP contribution < -0.4 is 5.32 Å². The van der Waals surface area contributed by atoms with E-state index in [0.29, 0.717) is 0 Å². The standard InChI is InChI=1S/C10H14N4O5/c1-6(2)9(10(16)17)12-8(15)5-13-4-7(3-11-13)14(18)19/h3-4,6,9H,5H2,1-2H3,(H,12,15)(H,16,17)/t9-/m1/s1. The van der Waals surface area contributed by atoms with E-state index in [1.54, 1.807) is 13.8 Å². The van der Waals surface area contributed by atoms with Gasteiger partial charge in [0.2, 0.25) is 5.91 Å². The number of aromatic nitrogens is 2. The SMILES string of the molecule is CC(C)[C@@H](NC(=O)Cn1cc([N+](=O)[O-])cn1)C(=O)O. The van der Waals surface area contributed by atoms with E-state index >= 15 is 0 Å². The zero-order valence-corrected chi connectivity index (χ0v) is 10.4. The third-order valence-corrected chi connectivity index (χ3v) is 2.39. The number of amides is 1. The average Bonchev–Trinajstić information content (AvgIpc) is 2.73. The number of carboxylic acids is 1. The number of nitrogens with one attached hydrogen (secondary N) is 1. The Hall–Kier alpha value is -2.45. The summed E-state index contributed by atoms with van der Waals surface area (Å²) in [5.41, 5.74) is -0.230. The monoisotopic (exact) mass is 270 g/mol. The van der Waals surface area contributed by atoms with Crippen LogP contribution in [-0.2, 0) is 16.1 Å². The van der Waals surface area contributed by atoms with Crippen molar-refractivity contribution in [3.8, 4) is 0 Å². The van der Waals surface area contributed by atoms with E-state index in [2.05, 4.69) is 10.4 Å². The molecule has 0 aliphatic rings. The number of rotatable bonds is 6. The minimum absolute atomic E-state index is 0.230. The predicted octanol–water partition coefficient (Wildman–Crippen LogP) is 0.0167. The van der Waals surface area contributed by atoms with Crippen LogP contribution in [0.5, 0.6) is 0 Å². The molecule has 0 aromatic carbocycles. The first-order chi connectivity index (χ1) is 8.81. The molecule has 0 saturated heterocycles. The molecule has 0 bridgehead atoms. The minimum Gasteiger partial charge on any atom is -0.480 e. The van der Waals surface area contributed by atoms with E-state index in [9.17, 15) is 19.7 Å². The van der Waals surface area contributed by atoms with Crippen LogP contribution >= 0.6 is 0 Å². The maximum atomic E-state index is 11.6. The van der Waals surface area contributed by atoms with E-state index < -0.39 is 22.8 Å². The van der Waals surface area contributed by atoms with Crippen molar-refractivity contribution >= 4 is 17.6 Å². The van der Waals surface area contributed by atoms with Gasteiger partial charge in [-0.2, -0.15) is 5.10 Å². The summed E-state index contributed by atoms with van der Waals surface area (Å²) in [6.45, 7) is 3.06. The summed E-state index contributed by atoms with van der Waals surface area (Å²) in [6.07, 6.45) is 2.12. The number of carbonyl (C=O) groups excluding carboxylic acids is 1. The lowest BCUT2D eigenvalue weighted by Crippen LogP contribution is -2.45. The Morgan fingerprint density at radius 2 is 2.21 bits per heavy atom. The lowest BCUT2D eigenvalue weighted by Gasteiger charge is -2.17. The van der Waals surface area contributed by atoms with Gasteiger partial charge in [0.25, 0.3) is 0 Å². The summed E-state index contributed by atoms with van der Waals surface area (Å²) in [5, 5.41) is 25.3. The van der Waals surface area contributed by atoms with E-state index in [0.717, 1.165) is 17.1 Å². The van der Waals surface area contributed by atoms with Gasteiger partial charge < -0.3 is 10.4 Å². The van der Waals surface area contributed by atoms with Crippen molar-refractivity contribution in [2.75, 3.05) is 0 Å². The van der Waals surface area contributed by atoms with Gasteiger partial charge >= 0.3 is 11.7 Å². The Labute approximate surface area is 108 Å². The van der Waals surface area contributed by atoms with Gasteiger partial charge in [0.05, 0.1) is 4.92 Å². The third kappa shape index (κ3) is 4.05. The normalized spacial score (nSPS) is 12.2. The molecule has 0 aliphatic carbocycles. The van der Waals surface area contributed by atoms with Crippen LogP contribution in [0.25, 0.3) is 0 Å². The fourth-order valence-corrected chi connectivity index (χ4v) is 1.41. The summed E-state index contributed by atoms with van der Waals surface area (Å²) in [6, 6.07) is -1.00. The summed E-state index contributed by atoms with van der Waals surface area (Å²) in [7, 11) is 0. The molecule has 1 aromatic rings. The summed E-state index contributed by atoms with van der Waals surface area (Å²) >= 11 is 0. The number of carbonyl (C=O) groups is 2. The number of aliphatic carboxylic acids is 1. The number of hydrogen-bond acceptors (Lipinski definition) is 5. The molecule has 0 radical (unpaired) electrons. The molecule has 0 fully saturated rings. The highest BCUT2D eigenvalue weighted by Crippen LogP contribution is 2.07. The van der Waals surface area contributed by atoms with Crippen molar-refractivity contribution in [2.24, 2.45) is 5.92 Å². The Balaban J connectivity index is 2.63. The van der Waals surface area contributed by atoms with Crippen molar-refractivity contribution in [3.63, 3.8) is 0 Å². The van der Waals surface area contributed by atoms with Crippen LogP contribution in [-0.4, -0.2) is 37.7 Å². The molecule has 1 aromatic heterocycles. The van der Waals surface area contributed by atoms with Crippen LogP contribution in [0.3, 0.4) is 0 Å². The summed E-state index contributed by atoms with van der Waals surface area (Å²) in [4.78, 5) is 32.3. The largest absolute Gasteiger partial charge is 0.480 e. The molecular formula is C10H14N4O5. The highest BCUT2D eigenvalue weighted by Gasteiger charge is 2.23. The molecule has 1 atom stereocenters. The second kappa shape index (κ2) is 5.94. The molecule has 9 heteroatoms. The minimum atomic E-state index is -1.13. The van der Waals surface area contributed by atoms with Crippen molar-refractivity contribution in [1.82, 2.24) is 15.1 Å². The second-order valence-electron chi connectivity index (χ2n) is 4.28. The van der Waals surface area contributed by atoms with Gasteiger partial charge in [-0.3, -0.25) is 19.6 Å². The fourth-order valence-electron chi connectivity index (χ4n) is 1.41. The van der Waals surface area contributed by atoms with Gasteiger partial charge in [-0.15, -0.1) is 0 Å². The van der Waals surface area contributed by atoms with Crippen molar-refractivity contribution < 1.29 is 19.6 Å². The molecule has 0 saturated carbocycles. The van der Waals surface area contributed by atoms with E-state index in [4.69, 9.17) is 5.11 Å². The van der Waals surface area contributed by atoms with Gasteiger partial charge in [0, 0.05) is 0 Å². The summed E-state index contributed by atoms with van der Waals surface area (Å²) in [5.74, 6) is -1.97. The zero-order valence-electron chi connectivity index (χ0n) is 10.4. The maximum Gasteiger partial charge on any atom is 0.326 e. The highest BCUT2D eigenvalue weighted by molar-refractivity contribution is 5.83. The zero-order chi connectivity index (χ0) is 14.6. The molecule has 0 spiro atoms. The fraction of sp³-hybridized carbons (Fsp3) is 0.500. The Morgan fingerprint density at radius 3 is 2.63 bits per heavy atom. The van der Waals surface area contributed by atoms with Gasteiger partial charge in [-0.05, 0) is 5.92 Å². The van der Waals surface area contributed by atoms with Crippen molar-refractivity contribution in [1.29, 1.82) is 0 Å². The average molecular weight is 270 g/mol. The molecule has 1 amide bonds. The van der Waals surface area contributed by atoms with E-state index in [1.165, 1.54) is 0 Å². The molecule has 104 valence electrons. The first-order valence-corrected chi connectivity index (χ1v) is 5.50. The first kappa shape index (κ1) is 14.6. The molecule has 2 N–H and O–H groups in total. The van der Waals surface area contributed by atoms with Crippen LogP contribution in [0, 0.1) is 16.0 Å². The molecule has 9 nitrogen and oxygen atoms in total. The Kier molecular flexibility index (Phi) is 4.56. The number of nitrogens with zero attached hydrogens (tertiary/aromatic N) is 3. The van der Waals surface area contributed by atoms with Crippen LogP contribution in [0.15, 0.2) is 12.4 Å². The van der Waals surface area contributed by atoms with Crippen molar-refractivity contribution in [2.45, 2.75) is 26.4 Å². The number of hydrogen-bond donors (Lipinski definition) is 2. The number of nitro groups is 1. The van der Waals surface area contributed by atoms with E-state index in [-0.39, 0.29) is 18.2 Å². The second-order valence-corrected chi connectivity index (χ2v) is 4.28. The number of carboxylic acid groups (broad SMARTS) is 1. The Morgan fingerprint density at radius 1 is 1.58 bits per heavy atom. The Bertz CT molecular complexity index is 496. The molecule has 19 heavy (non-hydrogen) atoms. The molecule has 1 heterocycles. The first-order valence-electron chi connectivity index (χ1n) is 5.50. The van der Waals surface area contributed by atoms with Gasteiger partial charge in [-0.25, -0.2) is 4.79 Å². The maximum absolute atomic E-state index is 11.6. The molecule has 0 unspecified atom stereocenters. The molecule has 1 rings (SSSR count). The van der Waals surface area contributed by atoms with Crippen LogP contribution in [0.4, 0.5) is 5.69 Å². The van der Waals surface area contributed by atoms with E-state index in [1.807, 2.05) is 0 Å².